The molecule has 0 aliphatic carbocycles. The lowest BCUT2D eigenvalue weighted by Crippen LogP contribution is -2.30. The van der Waals surface area contributed by atoms with Crippen molar-refractivity contribution in [3.8, 4) is 11.1 Å². The van der Waals surface area contributed by atoms with E-state index in [1.54, 1.807) is 18.5 Å². The molecular formula is C15H12BNO2. The summed E-state index contributed by atoms with van der Waals surface area (Å²) in [6.45, 7) is 0. The van der Waals surface area contributed by atoms with Gasteiger partial charge in [0.25, 0.3) is 0 Å². The lowest BCUT2D eigenvalue weighted by molar-refractivity contribution is 0.426. The summed E-state index contributed by atoms with van der Waals surface area (Å²) in [6, 6.07) is 15.2. The minimum Gasteiger partial charge on any atom is -0.423 e. The minimum atomic E-state index is -1.46. The summed E-state index contributed by atoms with van der Waals surface area (Å²) in [5, 5.41) is 20.7. The standard InChI is InChI=1S/C15H12BNO2/c18-16(19)15-8-7-12(11-4-3-9-17-10-11)13-5-1-2-6-14(13)15/h1-10,18-19H. The van der Waals surface area contributed by atoms with Crippen molar-refractivity contribution in [3.05, 3.63) is 60.9 Å². The average Bonchev–Trinajstić information content (AvgIpc) is 2.47. The Morgan fingerprint density at radius 2 is 1.63 bits per heavy atom. The quantitative estimate of drug-likeness (QED) is 0.678. The van der Waals surface area contributed by atoms with Crippen LogP contribution >= 0.6 is 0 Å². The fraction of sp³-hybridized carbons (Fsp3) is 0. The zero-order valence-electron chi connectivity index (χ0n) is 10.2. The van der Waals surface area contributed by atoms with Gasteiger partial charge in [0.05, 0.1) is 0 Å². The Balaban J connectivity index is 2.31. The molecule has 1 aromatic heterocycles. The Bertz CT molecular complexity index is 714. The Kier molecular flexibility index (Phi) is 3.03. The van der Waals surface area contributed by atoms with Crippen LogP contribution in [0.25, 0.3) is 21.9 Å². The summed E-state index contributed by atoms with van der Waals surface area (Å²) in [6.07, 6.45) is 3.54. The second-order valence-corrected chi connectivity index (χ2v) is 4.36. The van der Waals surface area contributed by atoms with Gasteiger partial charge in [-0.05, 0) is 27.9 Å². The van der Waals surface area contributed by atoms with Crippen molar-refractivity contribution in [1.29, 1.82) is 0 Å². The molecule has 92 valence electrons. The molecule has 0 amide bonds. The molecule has 0 bridgehead atoms. The smallest absolute Gasteiger partial charge is 0.423 e. The Hall–Kier alpha value is -2.17. The van der Waals surface area contributed by atoms with Gasteiger partial charge in [0.2, 0.25) is 0 Å². The van der Waals surface area contributed by atoms with E-state index in [9.17, 15) is 10.0 Å². The van der Waals surface area contributed by atoms with Gasteiger partial charge in [0.15, 0.2) is 0 Å². The Morgan fingerprint density at radius 3 is 2.32 bits per heavy atom. The van der Waals surface area contributed by atoms with Gasteiger partial charge in [0, 0.05) is 18.0 Å². The monoisotopic (exact) mass is 249 g/mol. The number of benzene rings is 2. The summed E-state index contributed by atoms with van der Waals surface area (Å²) < 4.78 is 0. The molecular weight excluding hydrogens is 237 g/mol. The number of hydrogen-bond donors (Lipinski definition) is 2. The molecule has 0 fully saturated rings. The van der Waals surface area contributed by atoms with E-state index < -0.39 is 7.12 Å². The van der Waals surface area contributed by atoms with E-state index in [1.165, 1.54) is 0 Å². The minimum absolute atomic E-state index is 0.517. The van der Waals surface area contributed by atoms with Crippen molar-refractivity contribution in [1.82, 2.24) is 4.98 Å². The van der Waals surface area contributed by atoms with Gasteiger partial charge < -0.3 is 10.0 Å². The van der Waals surface area contributed by atoms with Crippen molar-refractivity contribution < 1.29 is 10.0 Å². The molecule has 2 aromatic carbocycles. The molecule has 4 heteroatoms. The summed E-state index contributed by atoms with van der Waals surface area (Å²) >= 11 is 0. The normalized spacial score (nSPS) is 10.6. The zero-order valence-corrected chi connectivity index (χ0v) is 10.2. The maximum atomic E-state index is 9.43. The third-order valence-corrected chi connectivity index (χ3v) is 3.21. The van der Waals surface area contributed by atoms with Crippen LogP contribution in [0.4, 0.5) is 0 Å². The van der Waals surface area contributed by atoms with Gasteiger partial charge in [0.1, 0.15) is 0 Å². The fourth-order valence-corrected chi connectivity index (χ4v) is 2.32. The van der Waals surface area contributed by atoms with Crippen LogP contribution in [0.2, 0.25) is 0 Å². The van der Waals surface area contributed by atoms with Crippen LogP contribution in [-0.2, 0) is 0 Å². The lowest BCUT2D eigenvalue weighted by Gasteiger charge is -2.10. The molecule has 3 aromatic rings. The highest BCUT2D eigenvalue weighted by Gasteiger charge is 2.16. The zero-order chi connectivity index (χ0) is 13.2. The fourth-order valence-electron chi connectivity index (χ4n) is 2.32. The number of fused-ring (bicyclic) bond motifs is 1. The Labute approximate surface area is 111 Å². The van der Waals surface area contributed by atoms with E-state index in [0.717, 1.165) is 21.9 Å². The lowest BCUT2D eigenvalue weighted by atomic mass is 9.76. The molecule has 19 heavy (non-hydrogen) atoms. The highest BCUT2D eigenvalue weighted by atomic mass is 16.4. The van der Waals surface area contributed by atoms with E-state index in [-0.39, 0.29) is 0 Å². The predicted octanol–water partition coefficient (Wildman–Crippen LogP) is 1.58. The second-order valence-electron chi connectivity index (χ2n) is 4.36. The molecule has 0 radical (unpaired) electrons. The first-order chi connectivity index (χ1) is 9.27. The van der Waals surface area contributed by atoms with Gasteiger partial charge in [-0.2, -0.15) is 0 Å². The van der Waals surface area contributed by atoms with Crippen molar-refractivity contribution in [2.45, 2.75) is 0 Å². The number of hydrogen-bond acceptors (Lipinski definition) is 3. The van der Waals surface area contributed by atoms with Crippen LogP contribution in [0.5, 0.6) is 0 Å². The van der Waals surface area contributed by atoms with E-state index in [0.29, 0.717) is 5.46 Å². The van der Waals surface area contributed by atoms with Gasteiger partial charge in [-0.15, -0.1) is 0 Å². The molecule has 0 saturated heterocycles. The van der Waals surface area contributed by atoms with E-state index in [1.807, 2.05) is 42.5 Å². The van der Waals surface area contributed by atoms with Crippen LogP contribution in [0, 0.1) is 0 Å². The van der Waals surface area contributed by atoms with Gasteiger partial charge in [-0.1, -0.05) is 42.5 Å². The highest BCUT2D eigenvalue weighted by Crippen LogP contribution is 2.26. The van der Waals surface area contributed by atoms with Crippen LogP contribution in [0.15, 0.2) is 60.9 Å². The summed E-state index contributed by atoms with van der Waals surface area (Å²) in [5.74, 6) is 0. The molecule has 0 spiro atoms. The topological polar surface area (TPSA) is 53.4 Å². The first kappa shape index (κ1) is 11.9. The van der Waals surface area contributed by atoms with Crippen molar-refractivity contribution in [2.24, 2.45) is 0 Å². The van der Waals surface area contributed by atoms with Gasteiger partial charge in [-0.25, -0.2) is 0 Å². The molecule has 3 rings (SSSR count). The molecule has 0 atom stereocenters. The van der Waals surface area contributed by atoms with Crippen molar-refractivity contribution >= 4 is 23.4 Å². The summed E-state index contributed by atoms with van der Waals surface area (Å²) in [5.41, 5.74) is 2.56. The maximum absolute atomic E-state index is 9.43. The van der Waals surface area contributed by atoms with Crippen LogP contribution in [0.1, 0.15) is 0 Å². The number of rotatable bonds is 2. The molecule has 1 heterocycles. The van der Waals surface area contributed by atoms with Crippen LogP contribution in [0.3, 0.4) is 0 Å². The van der Waals surface area contributed by atoms with Gasteiger partial charge in [-0.3, -0.25) is 4.98 Å². The van der Waals surface area contributed by atoms with E-state index in [4.69, 9.17) is 0 Å². The molecule has 0 unspecified atom stereocenters. The predicted molar refractivity (Wildman–Crippen MR) is 77.0 cm³/mol. The summed E-state index contributed by atoms with van der Waals surface area (Å²) in [7, 11) is -1.46. The van der Waals surface area contributed by atoms with Crippen molar-refractivity contribution in [2.75, 3.05) is 0 Å². The van der Waals surface area contributed by atoms with Crippen molar-refractivity contribution in [3.63, 3.8) is 0 Å². The Morgan fingerprint density at radius 1 is 0.842 bits per heavy atom. The number of aromatic nitrogens is 1. The average molecular weight is 249 g/mol. The highest BCUT2D eigenvalue weighted by molar-refractivity contribution is 6.62. The van der Waals surface area contributed by atoms with Crippen LogP contribution in [-0.4, -0.2) is 22.2 Å². The van der Waals surface area contributed by atoms with Gasteiger partial charge >= 0.3 is 7.12 Å². The molecule has 0 aliphatic heterocycles. The molecule has 0 aliphatic rings. The largest absolute Gasteiger partial charge is 0.489 e. The second kappa shape index (κ2) is 4.84. The first-order valence-electron chi connectivity index (χ1n) is 6.05. The van der Waals surface area contributed by atoms with E-state index in [2.05, 4.69) is 4.98 Å². The van der Waals surface area contributed by atoms with Crippen LogP contribution < -0.4 is 5.46 Å². The summed E-state index contributed by atoms with van der Waals surface area (Å²) in [4.78, 5) is 4.13. The SMILES string of the molecule is OB(O)c1ccc(-c2cccnc2)c2ccccc12. The number of nitrogens with zero attached hydrogens (tertiary/aromatic N) is 1. The molecule has 0 saturated carbocycles. The third kappa shape index (κ3) is 2.12. The van der Waals surface area contributed by atoms with E-state index >= 15 is 0 Å². The first-order valence-corrected chi connectivity index (χ1v) is 6.05. The third-order valence-electron chi connectivity index (χ3n) is 3.21. The number of pyridine rings is 1. The maximum Gasteiger partial charge on any atom is 0.489 e. The molecule has 3 nitrogen and oxygen atoms in total. The molecule has 2 N–H and O–H groups in total.